The highest BCUT2D eigenvalue weighted by Crippen LogP contribution is 2.49. The minimum Gasteiger partial charge on any atom is -0.480 e. The highest BCUT2D eigenvalue weighted by Gasteiger charge is 2.42. The molecule has 2 bridgehead atoms. The summed E-state index contributed by atoms with van der Waals surface area (Å²) in [5.41, 5.74) is 0. The van der Waals surface area contributed by atoms with Crippen LogP contribution in [0, 0.1) is 17.8 Å². The maximum absolute atomic E-state index is 12.2. The van der Waals surface area contributed by atoms with Crippen molar-refractivity contribution < 1.29 is 14.7 Å². The van der Waals surface area contributed by atoms with Crippen molar-refractivity contribution in [1.82, 2.24) is 10.2 Å². The van der Waals surface area contributed by atoms with E-state index in [0.717, 1.165) is 18.3 Å². The molecule has 1 saturated heterocycles. The van der Waals surface area contributed by atoms with Crippen LogP contribution in [0.5, 0.6) is 0 Å². The maximum Gasteiger partial charge on any atom is 0.320 e. The van der Waals surface area contributed by atoms with Gasteiger partial charge in [-0.15, -0.1) is 0 Å². The van der Waals surface area contributed by atoms with E-state index in [1.54, 1.807) is 4.90 Å². The summed E-state index contributed by atoms with van der Waals surface area (Å²) in [5.74, 6) is 1.49. The molecule has 21 heavy (non-hydrogen) atoms. The molecule has 3 rings (SSSR count). The van der Waals surface area contributed by atoms with Gasteiger partial charge < -0.3 is 10.4 Å². The van der Waals surface area contributed by atoms with Gasteiger partial charge in [-0.25, -0.2) is 0 Å². The van der Waals surface area contributed by atoms with Crippen molar-refractivity contribution in [1.29, 1.82) is 0 Å². The van der Waals surface area contributed by atoms with Crippen molar-refractivity contribution in [2.45, 2.75) is 57.5 Å². The fraction of sp³-hybridized carbons (Fsp3) is 0.875. The van der Waals surface area contributed by atoms with Gasteiger partial charge in [-0.2, -0.15) is 0 Å². The number of fused-ring (bicyclic) bond motifs is 2. The lowest BCUT2D eigenvalue weighted by Gasteiger charge is -2.29. The zero-order valence-corrected chi connectivity index (χ0v) is 12.8. The molecule has 0 spiro atoms. The van der Waals surface area contributed by atoms with Crippen LogP contribution in [-0.4, -0.2) is 47.1 Å². The van der Waals surface area contributed by atoms with Crippen LogP contribution in [0.2, 0.25) is 0 Å². The number of hydrogen-bond donors (Lipinski definition) is 2. The van der Waals surface area contributed by atoms with Crippen molar-refractivity contribution in [3.8, 4) is 0 Å². The maximum atomic E-state index is 12.2. The number of carbonyl (C=O) groups excluding carboxylic acids is 1. The molecule has 3 fully saturated rings. The van der Waals surface area contributed by atoms with Crippen LogP contribution >= 0.6 is 0 Å². The van der Waals surface area contributed by atoms with Gasteiger partial charge in [0.05, 0.1) is 6.54 Å². The van der Waals surface area contributed by atoms with Gasteiger partial charge in [0.15, 0.2) is 0 Å². The number of amides is 1. The van der Waals surface area contributed by atoms with Crippen molar-refractivity contribution in [3.63, 3.8) is 0 Å². The van der Waals surface area contributed by atoms with Gasteiger partial charge in [0.1, 0.15) is 6.04 Å². The largest absolute Gasteiger partial charge is 0.480 e. The highest BCUT2D eigenvalue weighted by molar-refractivity contribution is 5.80. The molecule has 1 heterocycles. The number of likely N-dealkylation sites (tertiary alicyclic amines) is 1. The molecule has 0 aromatic heterocycles. The predicted molar refractivity (Wildman–Crippen MR) is 78.8 cm³/mol. The fourth-order valence-corrected chi connectivity index (χ4v) is 4.79. The second-order valence-corrected chi connectivity index (χ2v) is 7.16. The predicted octanol–water partition coefficient (Wildman–Crippen LogP) is 1.48. The first-order valence-electron chi connectivity index (χ1n) is 8.31. The number of carboxylic acids is 1. The van der Waals surface area contributed by atoms with E-state index in [2.05, 4.69) is 12.2 Å². The van der Waals surface area contributed by atoms with Gasteiger partial charge in [-0.05, 0) is 63.3 Å². The smallest absolute Gasteiger partial charge is 0.320 e. The molecule has 2 N–H and O–H groups in total. The summed E-state index contributed by atoms with van der Waals surface area (Å²) < 4.78 is 0. The minimum absolute atomic E-state index is 0.0153. The van der Waals surface area contributed by atoms with Gasteiger partial charge in [0, 0.05) is 6.04 Å². The molecule has 0 aromatic rings. The lowest BCUT2D eigenvalue weighted by molar-refractivity contribution is -0.142. The van der Waals surface area contributed by atoms with Crippen LogP contribution < -0.4 is 5.32 Å². The summed E-state index contributed by atoms with van der Waals surface area (Å²) in [5, 5.41) is 12.3. The number of nitrogens with zero attached hydrogens (tertiary/aromatic N) is 1. The van der Waals surface area contributed by atoms with Crippen LogP contribution in [0.4, 0.5) is 0 Å². The molecular formula is C16H26N2O3. The van der Waals surface area contributed by atoms with Crippen molar-refractivity contribution in [2.24, 2.45) is 17.8 Å². The van der Waals surface area contributed by atoms with E-state index in [0.29, 0.717) is 18.9 Å². The average molecular weight is 294 g/mol. The monoisotopic (exact) mass is 294 g/mol. The molecule has 2 saturated carbocycles. The third-order valence-corrected chi connectivity index (χ3v) is 5.82. The summed E-state index contributed by atoms with van der Waals surface area (Å²) in [6.45, 7) is 3.05. The zero-order chi connectivity index (χ0) is 15.0. The Kier molecular flexibility index (Phi) is 4.20. The van der Waals surface area contributed by atoms with Crippen LogP contribution in [0.1, 0.15) is 45.4 Å². The summed E-state index contributed by atoms with van der Waals surface area (Å²) >= 11 is 0. The van der Waals surface area contributed by atoms with E-state index < -0.39 is 12.0 Å². The first-order chi connectivity index (χ1) is 10.0. The molecule has 118 valence electrons. The van der Waals surface area contributed by atoms with Gasteiger partial charge >= 0.3 is 5.97 Å². The molecule has 5 unspecified atom stereocenters. The summed E-state index contributed by atoms with van der Waals surface area (Å²) in [4.78, 5) is 25.1. The Morgan fingerprint density at radius 3 is 2.71 bits per heavy atom. The van der Waals surface area contributed by atoms with Crippen molar-refractivity contribution in [3.05, 3.63) is 0 Å². The molecule has 5 nitrogen and oxygen atoms in total. The Hall–Kier alpha value is -1.10. The first kappa shape index (κ1) is 14.8. The van der Waals surface area contributed by atoms with E-state index in [1.165, 1.54) is 25.7 Å². The lowest BCUT2D eigenvalue weighted by Crippen LogP contribution is -2.47. The molecule has 5 atom stereocenters. The summed E-state index contributed by atoms with van der Waals surface area (Å²) in [6, 6.07) is -0.257. The van der Waals surface area contributed by atoms with Gasteiger partial charge in [0.25, 0.3) is 0 Å². The minimum atomic E-state index is -0.804. The van der Waals surface area contributed by atoms with Gasteiger partial charge in [-0.1, -0.05) is 6.42 Å². The number of rotatable bonds is 5. The SMILES string of the molecule is CC(NC(=O)CN1CCCC1C(=O)O)C1CC2CCC1C2. The van der Waals surface area contributed by atoms with Crippen LogP contribution in [0.25, 0.3) is 0 Å². The second kappa shape index (κ2) is 5.95. The van der Waals surface area contributed by atoms with E-state index in [4.69, 9.17) is 5.11 Å². The van der Waals surface area contributed by atoms with Crippen LogP contribution in [0.3, 0.4) is 0 Å². The van der Waals surface area contributed by atoms with Gasteiger partial charge in [0.2, 0.25) is 5.91 Å². The summed E-state index contributed by atoms with van der Waals surface area (Å²) in [7, 11) is 0. The van der Waals surface area contributed by atoms with Crippen molar-refractivity contribution in [2.75, 3.05) is 13.1 Å². The topological polar surface area (TPSA) is 69.6 Å². The lowest BCUT2D eigenvalue weighted by atomic mass is 9.84. The van der Waals surface area contributed by atoms with Crippen molar-refractivity contribution >= 4 is 11.9 Å². The van der Waals surface area contributed by atoms with E-state index in [9.17, 15) is 9.59 Å². The molecule has 0 radical (unpaired) electrons. The Balaban J connectivity index is 1.49. The first-order valence-corrected chi connectivity index (χ1v) is 8.31. The average Bonchev–Trinajstić information content (AvgIpc) is 3.13. The molecular weight excluding hydrogens is 268 g/mol. The summed E-state index contributed by atoms with van der Waals surface area (Å²) in [6.07, 6.45) is 6.82. The normalized spacial score (nSPS) is 36.8. The Bertz CT molecular complexity index is 426. The van der Waals surface area contributed by atoms with E-state index in [-0.39, 0.29) is 18.5 Å². The number of carbonyl (C=O) groups is 2. The third-order valence-electron chi connectivity index (χ3n) is 5.82. The molecule has 0 aromatic carbocycles. The van der Waals surface area contributed by atoms with E-state index in [1.807, 2.05) is 0 Å². The Morgan fingerprint density at radius 2 is 2.10 bits per heavy atom. The Morgan fingerprint density at radius 1 is 1.29 bits per heavy atom. The third kappa shape index (κ3) is 3.07. The number of carboxylic acid groups (broad SMARTS) is 1. The van der Waals surface area contributed by atoms with Gasteiger partial charge in [-0.3, -0.25) is 14.5 Å². The molecule has 1 aliphatic heterocycles. The standard InChI is InChI=1S/C16H26N2O3/c1-10(13-8-11-4-5-12(13)7-11)17-15(19)9-18-6-2-3-14(18)16(20)21/h10-14H,2-9H2,1H3,(H,17,19)(H,20,21). The molecule has 3 aliphatic rings. The number of aliphatic carboxylic acids is 1. The fourth-order valence-electron chi connectivity index (χ4n) is 4.79. The van der Waals surface area contributed by atoms with Crippen LogP contribution in [-0.2, 0) is 9.59 Å². The molecule has 2 aliphatic carbocycles. The van der Waals surface area contributed by atoms with Crippen LogP contribution in [0.15, 0.2) is 0 Å². The highest BCUT2D eigenvalue weighted by atomic mass is 16.4. The number of hydrogen-bond acceptors (Lipinski definition) is 3. The quantitative estimate of drug-likeness (QED) is 0.806. The Labute approximate surface area is 126 Å². The zero-order valence-electron chi connectivity index (χ0n) is 12.8. The van der Waals surface area contributed by atoms with E-state index >= 15 is 0 Å². The second-order valence-electron chi connectivity index (χ2n) is 7.16. The molecule has 1 amide bonds. The molecule has 5 heteroatoms. The number of nitrogens with one attached hydrogen (secondary N) is 1.